The number of benzene rings is 1. The fraction of sp³-hybridized carbons (Fsp3) is 0.556. The minimum Gasteiger partial charge on any atom is -0.326 e. The molecule has 0 aliphatic rings. The van der Waals surface area contributed by atoms with Crippen molar-refractivity contribution in [2.24, 2.45) is 11.8 Å². The normalized spacial score (nSPS) is 11.0. The zero-order valence-corrected chi connectivity index (χ0v) is 13.8. The van der Waals surface area contributed by atoms with E-state index < -0.39 is 0 Å². The second-order valence-electron chi connectivity index (χ2n) is 6.66. The molecule has 0 radical (unpaired) electrons. The van der Waals surface area contributed by atoms with Gasteiger partial charge in [-0.2, -0.15) is 0 Å². The molecule has 0 aromatic heterocycles. The minimum atomic E-state index is -0.236. The number of anilines is 1. The van der Waals surface area contributed by atoms with E-state index in [1.807, 2.05) is 12.1 Å². The highest BCUT2D eigenvalue weighted by molar-refractivity contribution is 6.03. The highest BCUT2D eigenvalue weighted by Gasteiger charge is 2.09. The molecule has 0 aliphatic heterocycles. The van der Waals surface area contributed by atoms with Crippen LogP contribution in [0.1, 0.15) is 52.2 Å². The smallest absolute Gasteiger partial charge is 0.231 e. The number of hydrogen-bond donors (Lipinski definition) is 1. The van der Waals surface area contributed by atoms with Crippen LogP contribution in [0.15, 0.2) is 18.2 Å². The number of carbonyl (C=O) groups excluding carboxylic acids is 2. The number of nitrogens with one attached hydrogen (secondary N) is 1. The third kappa shape index (κ3) is 7.07. The van der Waals surface area contributed by atoms with Crippen LogP contribution >= 0.6 is 0 Å². The van der Waals surface area contributed by atoms with E-state index in [2.05, 4.69) is 39.1 Å². The van der Waals surface area contributed by atoms with E-state index in [0.717, 1.165) is 18.5 Å². The molecule has 1 aromatic carbocycles. The molecule has 1 amide bonds. The van der Waals surface area contributed by atoms with Crippen LogP contribution in [-0.2, 0) is 22.4 Å². The van der Waals surface area contributed by atoms with Gasteiger partial charge in [0.25, 0.3) is 0 Å². The van der Waals surface area contributed by atoms with Crippen molar-refractivity contribution in [3.8, 4) is 0 Å². The molecule has 116 valence electrons. The van der Waals surface area contributed by atoms with Crippen molar-refractivity contribution in [3.05, 3.63) is 29.3 Å². The maximum atomic E-state index is 11.8. The van der Waals surface area contributed by atoms with Gasteiger partial charge in [0.2, 0.25) is 5.91 Å². The third-order valence-electron chi connectivity index (χ3n) is 3.03. The summed E-state index contributed by atoms with van der Waals surface area (Å²) in [6.45, 7) is 10.2. The van der Waals surface area contributed by atoms with Gasteiger partial charge in [-0.05, 0) is 54.9 Å². The second-order valence-corrected chi connectivity index (χ2v) is 6.66. The van der Waals surface area contributed by atoms with Crippen LogP contribution in [0.25, 0.3) is 0 Å². The van der Waals surface area contributed by atoms with Gasteiger partial charge < -0.3 is 5.32 Å². The standard InChI is InChI=1S/C18H27NO2/c1-12(2)6-15-9-16(7-13(3)4)11-17(10-15)19-18(21)8-14(5)20/h9-13H,6-8H2,1-5H3,(H,19,21). The SMILES string of the molecule is CC(=O)CC(=O)Nc1cc(CC(C)C)cc(CC(C)C)c1. The molecule has 0 atom stereocenters. The molecule has 1 rings (SSSR count). The molecule has 3 heteroatoms. The van der Waals surface area contributed by atoms with Gasteiger partial charge in [-0.15, -0.1) is 0 Å². The van der Waals surface area contributed by atoms with Gasteiger partial charge in [0.15, 0.2) is 0 Å². The van der Waals surface area contributed by atoms with E-state index >= 15 is 0 Å². The Morgan fingerprint density at radius 2 is 1.43 bits per heavy atom. The molecule has 0 spiro atoms. The lowest BCUT2D eigenvalue weighted by Crippen LogP contribution is -2.15. The largest absolute Gasteiger partial charge is 0.326 e. The lowest BCUT2D eigenvalue weighted by molar-refractivity contribution is -0.124. The van der Waals surface area contributed by atoms with Crippen LogP contribution in [-0.4, -0.2) is 11.7 Å². The van der Waals surface area contributed by atoms with Crippen LogP contribution in [0.4, 0.5) is 5.69 Å². The summed E-state index contributed by atoms with van der Waals surface area (Å²) in [4.78, 5) is 22.8. The van der Waals surface area contributed by atoms with Gasteiger partial charge >= 0.3 is 0 Å². The lowest BCUT2D eigenvalue weighted by Gasteiger charge is -2.13. The first-order chi connectivity index (χ1) is 9.76. The van der Waals surface area contributed by atoms with Gasteiger partial charge in [0, 0.05) is 5.69 Å². The number of rotatable bonds is 7. The van der Waals surface area contributed by atoms with E-state index in [0.29, 0.717) is 11.8 Å². The summed E-state index contributed by atoms with van der Waals surface area (Å²) in [7, 11) is 0. The molecule has 1 N–H and O–H groups in total. The molecular weight excluding hydrogens is 262 g/mol. The fourth-order valence-electron chi connectivity index (χ4n) is 2.44. The molecule has 0 bridgehead atoms. The molecule has 0 saturated carbocycles. The topological polar surface area (TPSA) is 46.2 Å². The van der Waals surface area contributed by atoms with E-state index in [9.17, 15) is 9.59 Å². The Balaban J connectivity index is 2.94. The highest BCUT2D eigenvalue weighted by Crippen LogP contribution is 2.20. The lowest BCUT2D eigenvalue weighted by atomic mass is 9.96. The zero-order valence-electron chi connectivity index (χ0n) is 13.8. The van der Waals surface area contributed by atoms with E-state index in [4.69, 9.17) is 0 Å². The predicted molar refractivity (Wildman–Crippen MR) is 87.5 cm³/mol. The first kappa shape index (κ1) is 17.4. The minimum absolute atomic E-state index is 0.0616. The first-order valence-corrected chi connectivity index (χ1v) is 7.68. The summed E-state index contributed by atoms with van der Waals surface area (Å²) in [5, 5.41) is 2.84. The van der Waals surface area contributed by atoms with Gasteiger partial charge in [-0.3, -0.25) is 9.59 Å². The quantitative estimate of drug-likeness (QED) is 0.771. The van der Waals surface area contributed by atoms with Crippen LogP contribution in [0.2, 0.25) is 0 Å². The van der Waals surface area contributed by atoms with Gasteiger partial charge in [0.1, 0.15) is 5.78 Å². The van der Waals surface area contributed by atoms with Crippen LogP contribution in [0.3, 0.4) is 0 Å². The molecule has 0 heterocycles. The monoisotopic (exact) mass is 289 g/mol. The van der Waals surface area contributed by atoms with Crippen LogP contribution < -0.4 is 5.32 Å². The van der Waals surface area contributed by atoms with Crippen molar-refractivity contribution in [1.82, 2.24) is 0 Å². The molecule has 0 aliphatic carbocycles. The average molecular weight is 289 g/mol. The van der Waals surface area contributed by atoms with Crippen molar-refractivity contribution < 1.29 is 9.59 Å². The molecular formula is C18H27NO2. The fourth-order valence-corrected chi connectivity index (χ4v) is 2.44. The second kappa shape index (κ2) is 7.96. The Morgan fingerprint density at radius 3 is 1.81 bits per heavy atom. The number of ketones is 1. The van der Waals surface area contributed by atoms with Crippen LogP contribution in [0.5, 0.6) is 0 Å². The number of carbonyl (C=O) groups is 2. The number of amides is 1. The number of Topliss-reactive ketones (excluding diaryl/α,β-unsaturated/α-hetero) is 1. The van der Waals surface area contributed by atoms with E-state index in [-0.39, 0.29) is 18.1 Å². The van der Waals surface area contributed by atoms with E-state index in [1.165, 1.54) is 18.1 Å². The summed E-state index contributed by atoms with van der Waals surface area (Å²) in [6, 6.07) is 6.25. The van der Waals surface area contributed by atoms with Crippen molar-refractivity contribution >= 4 is 17.4 Å². The Hall–Kier alpha value is -1.64. The van der Waals surface area contributed by atoms with Crippen LogP contribution in [0, 0.1) is 11.8 Å². The number of hydrogen-bond acceptors (Lipinski definition) is 2. The first-order valence-electron chi connectivity index (χ1n) is 7.68. The molecule has 1 aromatic rings. The van der Waals surface area contributed by atoms with Crippen molar-refractivity contribution in [2.45, 2.75) is 53.9 Å². The summed E-state index contributed by atoms with van der Waals surface area (Å²) in [6.07, 6.45) is 1.91. The molecule has 3 nitrogen and oxygen atoms in total. The van der Waals surface area contributed by atoms with Crippen molar-refractivity contribution in [2.75, 3.05) is 5.32 Å². The Kier molecular flexibility index (Phi) is 6.60. The molecule has 0 saturated heterocycles. The Bertz CT molecular complexity index is 476. The van der Waals surface area contributed by atoms with E-state index in [1.54, 1.807) is 0 Å². The summed E-state index contributed by atoms with van der Waals surface area (Å²) in [5.41, 5.74) is 3.28. The maximum absolute atomic E-state index is 11.8. The zero-order chi connectivity index (χ0) is 16.0. The molecule has 0 unspecified atom stereocenters. The maximum Gasteiger partial charge on any atom is 0.231 e. The predicted octanol–water partition coefficient (Wildman–Crippen LogP) is 4.00. The summed E-state index contributed by atoms with van der Waals surface area (Å²) < 4.78 is 0. The molecule has 21 heavy (non-hydrogen) atoms. The van der Waals surface area contributed by atoms with Crippen molar-refractivity contribution in [1.29, 1.82) is 0 Å². The Morgan fingerprint density at radius 1 is 0.952 bits per heavy atom. The highest BCUT2D eigenvalue weighted by atomic mass is 16.2. The van der Waals surface area contributed by atoms with Gasteiger partial charge in [0.05, 0.1) is 6.42 Å². The molecule has 0 fully saturated rings. The average Bonchev–Trinajstić information content (AvgIpc) is 2.24. The Labute approximate surface area is 128 Å². The van der Waals surface area contributed by atoms with Gasteiger partial charge in [-0.1, -0.05) is 33.8 Å². The van der Waals surface area contributed by atoms with Gasteiger partial charge in [-0.25, -0.2) is 0 Å². The summed E-state index contributed by atoms with van der Waals surface area (Å²) >= 11 is 0. The third-order valence-corrected chi connectivity index (χ3v) is 3.03. The van der Waals surface area contributed by atoms with Crippen molar-refractivity contribution in [3.63, 3.8) is 0 Å². The summed E-state index contributed by atoms with van der Waals surface area (Å²) in [5.74, 6) is 0.785.